The van der Waals surface area contributed by atoms with Gasteiger partial charge >= 0.3 is 0 Å². The van der Waals surface area contributed by atoms with E-state index in [9.17, 15) is 18.5 Å². The van der Waals surface area contributed by atoms with Crippen LogP contribution in [0.25, 0.3) is 0 Å². The zero-order valence-electron chi connectivity index (χ0n) is 14.9. The van der Waals surface area contributed by atoms with Crippen LogP contribution in [0.15, 0.2) is 46.4 Å². The first-order valence-corrected chi connectivity index (χ1v) is 10.6. The lowest BCUT2D eigenvalue weighted by Crippen LogP contribution is -2.40. The Hall–Kier alpha value is -2.24. The predicted molar refractivity (Wildman–Crippen MR) is 110 cm³/mol. The number of hydrazone groups is 1. The van der Waals surface area contributed by atoms with Crippen molar-refractivity contribution in [1.82, 2.24) is 4.31 Å². The van der Waals surface area contributed by atoms with Crippen molar-refractivity contribution >= 4 is 50.8 Å². The molecule has 154 valence electrons. The van der Waals surface area contributed by atoms with Crippen molar-refractivity contribution in [3.8, 4) is 0 Å². The summed E-state index contributed by atoms with van der Waals surface area (Å²) in [7, 11) is -3.86. The van der Waals surface area contributed by atoms with Gasteiger partial charge in [-0.1, -0.05) is 29.3 Å². The van der Waals surface area contributed by atoms with Gasteiger partial charge < -0.3 is 4.74 Å². The minimum absolute atomic E-state index is 0.0235. The molecule has 0 amide bonds. The Kier molecular flexibility index (Phi) is 6.70. The van der Waals surface area contributed by atoms with E-state index in [4.69, 9.17) is 27.9 Å². The maximum atomic E-state index is 12.7. The molecule has 1 aliphatic heterocycles. The summed E-state index contributed by atoms with van der Waals surface area (Å²) in [5.41, 5.74) is 2.57. The van der Waals surface area contributed by atoms with Crippen LogP contribution in [0.1, 0.15) is 5.56 Å². The SMILES string of the molecule is O=[N+]([O-])c1cc(S(=O)(=O)N2CCOCC2)ccc1NN=Cc1c(Cl)cccc1Cl. The highest BCUT2D eigenvalue weighted by Crippen LogP contribution is 2.29. The van der Waals surface area contributed by atoms with Gasteiger partial charge in [0, 0.05) is 24.7 Å². The average molecular weight is 459 g/mol. The fourth-order valence-corrected chi connectivity index (χ4v) is 4.58. The monoisotopic (exact) mass is 458 g/mol. The summed E-state index contributed by atoms with van der Waals surface area (Å²) < 4.78 is 31.8. The number of nitrogens with zero attached hydrogens (tertiary/aromatic N) is 3. The number of hydrogen-bond donors (Lipinski definition) is 1. The summed E-state index contributed by atoms with van der Waals surface area (Å²) in [4.78, 5) is 10.6. The van der Waals surface area contributed by atoms with Gasteiger partial charge in [-0.05, 0) is 24.3 Å². The molecule has 12 heteroatoms. The summed E-state index contributed by atoms with van der Waals surface area (Å²) in [6, 6.07) is 8.51. The molecular weight excluding hydrogens is 443 g/mol. The summed E-state index contributed by atoms with van der Waals surface area (Å²) in [5, 5.41) is 16.1. The Balaban J connectivity index is 1.87. The number of sulfonamides is 1. The fraction of sp³-hybridized carbons (Fsp3) is 0.235. The van der Waals surface area contributed by atoms with Gasteiger partial charge in [-0.3, -0.25) is 15.5 Å². The molecule has 1 N–H and O–H groups in total. The second-order valence-electron chi connectivity index (χ2n) is 5.96. The molecular formula is C17H16Cl2N4O5S. The number of halogens is 2. The maximum Gasteiger partial charge on any atom is 0.295 e. The number of nitrogens with one attached hydrogen (secondary N) is 1. The van der Waals surface area contributed by atoms with Crippen molar-refractivity contribution in [3.05, 3.63) is 62.1 Å². The Morgan fingerprint density at radius 3 is 2.45 bits per heavy atom. The summed E-state index contributed by atoms with van der Waals surface area (Å²) in [5.74, 6) is 0. The quantitative estimate of drug-likeness (QED) is 0.403. The van der Waals surface area contributed by atoms with E-state index < -0.39 is 20.6 Å². The molecule has 1 saturated heterocycles. The average Bonchev–Trinajstić information content (AvgIpc) is 2.70. The van der Waals surface area contributed by atoms with Crippen LogP contribution >= 0.6 is 23.2 Å². The molecule has 0 aromatic heterocycles. The van der Waals surface area contributed by atoms with Gasteiger partial charge in [0.15, 0.2) is 0 Å². The lowest BCUT2D eigenvalue weighted by atomic mass is 10.2. The second kappa shape index (κ2) is 9.06. The van der Waals surface area contributed by atoms with Gasteiger partial charge in [0.05, 0.1) is 39.3 Å². The van der Waals surface area contributed by atoms with Gasteiger partial charge in [-0.25, -0.2) is 8.42 Å². The van der Waals surface area contributed by atoms with Crippen LogP contribution in [-0.4, -0.2) is 50.2 Å². The van der Waals surface area contributed by atoms with Gasteiger partial charge in [0.25, 0.3) is 5.69 Å². The maximum absolute atomic E-state index is 12.7. The molecule has 3 rings (SSSR count). The highest BCUT2D eigenvalue weighted by molar-refractivity contribution is 7.89. The number of benzene rings is 2. The van der Waals surface area contributed by atoms with E-state index in [0.717, 1.165) is 6.07 Å². The van der Waals surface area contributed by atoms with Crippen LogP contribution in [0.4, 0.5) is 11.4 Å². The van der Waals surface area contributed by atoms with Crippen molar-refractivity contribution in [2.45, 2.75) is 4.90 Å². The number of hydrogen-bond acceptors (Lipinski definition) is 7. The molecule has 0 aliphatic carbocycles. The van der Waals surface area contributed by atoms with Crippen molar-refractivity contribution in [3.63, 3.8) is 0 Å². The number of ether oxygens (including phenoxy) is 1. The zero-order chi connectivity index (χ0) is 21.0. The highest BCUT2D eigenvalue weighted by Gasteiger charge is 2.28. The lowest BCUT2D eigenvalue weighted by molar-refractivity contribution is -0.384. The van der Waals surface area contributed by atoms with E-state index in [1.807, 2.05) is 0 Å². The number of rotatable bonds is 6. The number of morpholine rings is 1. The normalized spacial score (nSPS) is 15.5. The lowest BCUT2D eigenvalue weighted by Gasteiger charge is -2.26. The van der Waals surface area contributed by atoms with E-state index in [-0.39, 0.29) is 36.9 Å². The first-order chi connectivity index (χ1) is 13.8. The first kappa shape index (κ1) is 21.5. The Bertz CT molecular complexity index is 1040. The van der Waals surface area contributed by atoms with E-state index in [1.165, 1.54) is 22.7 Å². The number of nitro benzene ring substituents is 1. The fourth-order valence-electron chi connectivity index (χ4n) is 2.65. The van der Waals surface area contributed by atoms with Gasteiger partial charge in [-0.15, -0.1) is 0 Å². The van der Waals surface area contributed by atoms with Crippen molar-refractivity contribution in [2.75, 3.05) is 31.7 Å². The Labute approximate surface area is 177 Å². The Morgan fingerprint density at radius 2 is 1.83 bits per heavy atom. The Morgan fingerprint density at radius 1 is 1.17 bits per heavy atom. The van der Waals surface area contributed by atoms with Crippen LogP contribution in [0.2, 0.25) is 10.0 Å². The minimum Gasteiger partial charge on any atom is -0.379 e. The first-order valence-electron chi connectivity index (χ1n) is 8.40. The molecule has 0 spiro atoms. The van der Waals surface area contributed by atoms with Crippen LogP contribution in [0.3, 0.4) is 0 Å². The van der Waals surface area contributed by atoms with E-state index in [0.29, 0.717) is 15.6 Å². The third-order valence-electron chi connectivity index (χ3n) is 4.15. The van der Waals surface area contributed by atoms with Crippen molar-refractivity contribution in [1.29, 1.82) is 0 Å². The van der Waals surface area contributed by atoms with Crippen LogP contribution in [0, 0.1) is 10.1 Å². The number of nitro groups is 1. The van der Waals surface area contributed by atoms with E-state index >= 15 is 0 Å². The van der Waals surface area contributed by atoms with Crippen molar-refractivity contribution in [2.24, 2.45) is 5.10 Å². The third kappa shape index (κ3) is 4.85. The summed E-state index contributed by atoms with van der Waals surface area (Å²) in [6.07, 6.45) is 1.33. The predicted octanol–water partition coefficient (Wildman–Crippen LogP) is 3.37. The highest BCUT2D eigenvalue weighted by atomic mass is 35.5. The molecule has 1 fully saturated rings. The topological polar surface area (TPSA) is 114 Å². The van der Waals surface area contributed by atoms with Gasteiger partial charge in [-0.2, -0.15) is 9.41 Å². The van der Waals surface area contributed by atoms with Crippen LogP contribution in [-0.2, 0) is 14.8 Å². The van der Waals surface area contributed by atoms with Gasteiger partial charge in [0.2, 0.25) is 10.0 Å². The molecule has 0 atom stereocenters. The molecule has 0 bridgehead atoms. The van der Waals surface area contributed by atoms with E-state index in [2.05, 4.69) is 10.5 Å². The molecule has 0 saturated carbocycles. The molecule has 1 heterocycles. The second-order valence-corrected chi connectivity index (χ2v) is 8.71. The van der Waals surface area contributed by atoms with Crippen LogP contribution < -0.4 is 5.43 Å². The molecule has 9 nitrogen and oxygen atoms in total. The minimum atomic E-state index is -3.86. The summed E-state index contributed by atoms with van der Waals surface area (Å²) in [6.45, 7) is 0.943. The van der Waals surface area contributed by atoms with Crippen molar-refractivity contribution < 1.29 is 18.1 Å². The standard InChI is InChI=1S/C17H16Cl2N4O5S/c18-14-2-1-3-15(19)13(14)11-20-21-16-5-4-12(10-17(16)23(24)25)29(26,27)22-6-8-28-9-7-22/h1-5,10-11,21H,6-9H2. The molecule has 29 heavy (non-hydrogen) atoms. The number of anilines is 1. The molecule has 0 unspecified atom stereocenters. The zero-order valence-corrected chi connectivity index (χ0v) is 17.2. The summed E-state index contributed by atoms with van der Waals surface area (Å²) >= 11 is 12.1. The van der Waals surface area contributed by atoms with Crippen LogP contribution in [0.5, 0.6) is 0 Å². The largest absolute Gasteiger partial charge is 0.379 e. The smallest absolute Gasteiger partial charge is 0.295 e. The molecule has 2 aromatic carbocycles. The third-order valence-corrected chi connectivity index (χ3v) is 6.71. The molecule has 2 aromatic rings. The van der Waals surface area contributed by atoms with E-state index in [1.54, 1.807) is 18.2 Å². The molecule has 0 radical (unpaired) electrons. The van der Waals surface area contributed by atoms with Gasteiger partial charge in [0.1, 0.15) is 5.69 Å². The molecule has 1 aliphatic rings.